The highest BCUT2D eigenvalue weighted by Crippen LogP contribution is 2.20. The van der Waals surface area contributed by atoms with Crippen molar-refractivity contribution in [2.75, 3.05) is 25.0 Å². The fourth-order valence-electron chi connectivity index (χ4n) is 2.52. The quantitative estimate of drug-likeness (QED) is 0.858. The summed E-state index contributed by atoms with van der Waals surface area (Å²) in [5.74, 6) is 1.65. The lowest BCUT2D eigenvalue weighted by atomic mass is 9.98. The van der Waals surface area contributed by atoms with Gasteiger partial charge in [-0.05, 0) is 37.9 Å². The van der Waals surface area contributed by atoms with Gasteiger partial charge in [-0.1, -0.05) is 0 Å². The zero-order valence-electron chi connectivity index (χ0n) is 10.7. The molecule has 3 rings (SSSR count). The lowest BCUT2D eigenvalue weighted by molar-refractivity contribution is 0.389. The average molecular weight is 245 g/mol. The summed E-state index contributed by atoms with van der Waals surface area (Å²) in [4.78, 5) is 8.81. The second-order valence-electron chi connectivity index (χ2n) is 4.96. The molecule has 0 atom stereocenters. The number of hydrogen-bond acceptors (Lipinski definition) is 4. The summed E-state index contributed by atoms with van der Waals surface area (Å²) in [6.07, 6.45) is 6.16. The molecule has 0 unspecified atom stereocenters. The van der Waals surface area contributed by atoms with Crippen molar-refractivity contribution in [3.63, 3.8) is 0 Å². The van der Waals surface area contributed by atoms with E-state index in [1.165, 1.54) is 12.8 Å². The summed E-state index contributed by atoms with van der Waals surface area (Å²) in [7, 11) is 2.01. The SMILES string of the molecule is Cn1cnc2c(NCC3CCNCC3)nccc21. The summed E-state index contributed by atoms with van der Waals surface area (Å²) >= 11 is 0. The minimum absolute atomic E-state index is 0.743. The molecule has 1 saturated heterocycles. The maximum atomic E-state index is 4.41. The van der Waals surface area contributed by atoms with Gasteiger partial charge in [0.05, 0.1) is 11.8 Å². The molecule has 1 aliphatic heterocycles. The number of fused-ring (bicyclic) bond motifs is 1. The molecule has 2 aromatic heterocycles. The molecular weight excluding hydrogens is 226 g/mol. The molecule has 0 amide bonds. The molecule has 0 bridgehead atoms. The van der Waals surface area contributed by atoms with Crippen LogP contribution in [0.4, 0.5) is 5.82 Å². The van der Waals surface area contributed by atoms with Crippen LogP contribution in [0.2, 0.25) is 0 Å². The normalized spacial score (nSPS) is 17.2. The van der Waals surface area contributed by atoms with Crippen molar-refractivity contribution < 1.29 is 0 Å². The second kappa shape index (κ2) is 4.94. The standard InChI is InChI=1S/C13H19N5/c1-18-9-17-12-11(18)4-7-15-13(12)16-8-10-2-5-14-6-3-10/h4,7,9-10,14H,2-3,5-6,8H2,1H3,(H,15,16). The van der Waals surface area contributed by atoms with E-state index in [1.807, 2.05) is 30.2 Å². The van der Waals surface area contributed by atoms with E-state index < -0.39 is 0 Å². The largest absolute Gasteiger partial charge is 0.368 e. The van der Waals surface area contributed by atoms with E-state index in [4.69, 9.17) is 0 Å². The summed E-state index contributed by atoms with van der Waals surface area (Å²) in [5.41, 5.74) is 2.09. The number of hydrogen-bond donors (Lipinski definition) is 2. The molecule has 1 fully saturated rings. The number of imidazole rings is 1. The second-order valence-corrected chi connectivity index (χ2v) is 4.96. The van der Waals surface area contributed by atoms with Crippen LogP contribution in [-0.4, -0.2) is 34.2 Å². The molecule has 18 heavy (non-hydrogen) atoms. The van der Waals surface area contributed by atoms with Crippen molar-refractivity contribution in [2.45, 2.75) is 12.8 Å². The molecule has 0 radical (unpaired) electrons. The monoisotopic (exact) mass is 245 g/mol. The Morgan fingerprint density at radius 1 is 1.39 bits per heavy atom. The third-order valence-electron chi connectivity index (χ3n) is 3.66. The van der Waals surface area contributed by atoms with Gasteiger partial charge in [0.15, 0.2) is 5.82 Å². The Hall–Kier alpha value is -1.62. The number of aromatic nitrogens is 3. The first kappa shape index (κ1) is 11.5. The highest BCUT2D eigenvalue weighted by Gasteiger charge is 2.14. The minimum Gasteiger partial charge on any atom is -0.368 e. The van der Waals surface area contributed by atoms with Gasteiger partial charge in [-0.25, -0.2) is 9.97 Å². The first-order chi connectivity index (χ1) is 8.84. The van der Waals surface area contributed by atoms with Crippen LogP contribution in [0.5, 0.6) is 0 Å². The number of aryl methyl sites for hydroxylation is 1. The first-order valence-corrected chi connectivity index (χ1v) is 6.55. The van der Waals surface area contributed by atoms with Crippen molar-refractivity contribution >= 4 is 16.9 Å². The van der Waals surface area contributed by atoms with Gasteiger partial charge >= 0.3 is 0 Å². The van der Waals surface area contributed by atoms with Crippen molar-refractivity contribution in [3.8, 4) is 0 Å². The molecule has 5 heteroatoms. The van der Waals surface area contributed by atoms with Crippen molar-refractivity contribution in [2.24, 2.45) is 13.0 Å². The number of nitrogens with zero attached hydrogens (tertiary/aromatic N) is 3. The molecular formula is C13H19N5. The van der Waals surface area contributed by atoms with E-state index in [9.17, 15) is 0 Å². The van der Waals surface area contributed by atoms with Crippen LogP contribution >= 0.6 is 0 Å². The maximum absolute atomic E-state index is 4.41. The van der Waals surface area contributed by atoms with E-state index in [1.54, 1.807) is 0 Å². The Morgan fingerprint density at radius 2 is 2.22 bits per heavy atom. The zero-order chi connectivity index (χ0) is 12.4. The molecule has 2 N–H and O–H groups in total. The van der Waals surface area contributed by atoms with Crippen LogP contribution in [0.1, 0.15) is 12.8 Å². The Bertz CT molecular complexity index is 527. The van der Waals surface area contributed by atoms with Gasteiger partial charge in [-0.3, -0.25) is 0 Å². The molecule has 0 spiro atoms. The number of piperidine rings is 1. The zero-order valence-corrected chi connectivity index (χ0v) is 10.7. The van der Waals surface area contributed by atoms with E-state index in [0.29, 0.717) is 0 Å². The molecule has 0 aliphatic carbocycles. The number of rotatable bonds is 3. The smallest absolute Gasteiger partial charge is 0.154 e. The van der Waals surface area contributed by atoms with Crippen LogP contribution < -0.4 is 10.6 Å². The van der Waals surface area contributed by atoms with E-state index in [0.717, 1.165) is 42.4 Å². The third kappa shape index (κ3) is 2.18. The number of nitrogens with one attached hydrogen (secondary N) is 2. The predicted octanol–water partition coefficient (Wildman–Crippen LogP) is 1.38. The van der Waals surface area contributed by atoms with Gasteiger partial charge in [-0.2, -0.15) is 0 Å². The maximum Gasteiger partial charge on any atom is 0.154 e. The van der Waals surface area contributed by atoms with Crippen molar-refractivity contribution in [3.05, 3.63) is 18.6 Å². The molecule has 0 saturated carbocycles. The van der Waals surface area contributed by atoms with Crippen LogP contribution in [-0.2, 0) is 7.05 Å². The van der Waals surface area contributed by atoms with Gasteiger partial charge < -0.3 is 15.2 Å². The Labute approximate surface area is 107 Å². The first-order valence-electron chi connectivity index (χ1n) is 6.55. The molecule has 0 aromatic carbocycles. The molecule has 1 aliphatic rings. The highest BCUT2D eigenvalue weighted by atomic mass is 15.1. The van der Waals surface area contributed by atoms with Gasteiger partial charge in [0.25, 0.3) is 0 Å². The van der Waals surface area contributed by atoms with Gasteiger partial charge in [-0.15, -0.1) is 0 Å². The van der Waals surface area contributed by atoms with Crippen LogP contribution in [0.3, 0.4) is 0 Å². The van der Waals surface area contributed by atoms with E-state index in [-0.39, 0.29) is 0 Å². The number of anilines is 1. The predicted molar refractivity (Wildman–Crippen MR) is 72.6 cm³/mol. The van der Waals surface area contributed by atoms with Gasteiger partial charge in [0.1, 0.15) is 5.52 Å². The van der Waals surface area contributed by atoms with Crippen molar-refractivity contribution in [1.29, 1.82) is 0 Å². The Morgan fingerprint density at radius 3 is 3.06 bits per heavy atom. The fourth-order valence-corrected chi connectivity index (χ4v) is 2.52. The topological polar surface area (TPSA) is 54.8 Å². The molecule has 2 aromatic rings. The minimum atomic E-state index is 0.743. The molecule has 96 valence electrons. The lowest BCUT2D eigenvalue weighted by Gasteiger charge is -2.22. The van der Waals surface area contributed by atoms with Gasteiger partial charge in [0, 0.05) is 19.8 Å². The number of pyridine rings is 1. The van der Waals surface area contributed by atoms with E-state index >= 15 is 0 Å². The summed E-state index contributed by atoms with van der Waals surface area (Å²) in [6.45, 7) is 3.26. The Balaban J connectivity index is 1.74. The van der Waals surface area contributed by atoms with Gasteiger partial charge in [0.2, 0.25) is 0 Å². The third-order valence-corrected chi connectivity index (χ3v) is 3.66. The van der Waals surface area contributed by atoms with Crippen LogP contribution in [0.15, 0.2) is 18.6 Å². The lowest BCUT2D eigenvalue weighted by Crippen LogP contribution is -2.31. The van der Waals surface area contributed by atoms with Crippen LogP contribution in [0.25, 0.3) is 11.0 Å². The molecule has 5 nitrogen and oxygen atoms in total. The fraction of sp³-hybridized carbons (Fsp3) is 0.538. The summed E-state index contributed by atoms with van der Waals surface area (Å²) in [5, 5.41) is 6.84. The average Bonchev–Trinajstić information content (AvgIpc) is 2.80. The highest BCUT2D eigenvalue weighted by molar-refractivity contribution is 5.85. The Kier molecular flexibility index (Phi) is 3.15. The molecule has 3 heterocycles. The van der Waals surface area contributed by atoms with Crippen molar-refractivity contribution in [1.82, 2.24) is 19.9 Å². The van der Waals surface area contributed by atoms with Crippen LogP contribution in [0, 0.1) is 5.92 Å². The van der Waals surface area contributed by atoms with E-state index in [2.05, 4.69) is 20.6 Å². The summed E-state index contributed by atoms with van der Waals surface area (Å²) < 4.78 is 2.02. The summed E-state index contributed by atoms with van der Waals surface area (Å²) in [6, 6.07) is 2.00.